The monoisotopic (exact) mass is 315 g/mol. The quantitative estimate of drug-likeness (QED) is 0.142. The van der Waals surface area contributed by atoms with E-state index in [1.54, 1.807) is 6.08 Å². The smallest absolute Gasteiger partial charge is 0.862 e. The Bertz CT molecular complexity index is 358. The molecular weight excluding hydrogens is 296 g/mol. The zero-order chi connectivity index (χ0) is 14.7. The number of hydrogen-bond donors (Lipinski definition) is 1. The Balaban J connectivity index is -0.00000162. The largest absolute Gasteiger partial charge is 1.00 e. The maximum atomic E-state index is 11.4. The topological polar surface area (TPSA) is 113 Å². The molecule has 0 saturated carbocycles. The van der Waals surface area contributed by atoms with E-state index in [0.29, 0.717) is 0 Å². The Morgan fingerprint density at radius 2 is 1.86 bits per heavy atom. The number of rotatable bonds is 10. The summed E-state index contributed by atoms with van der Waals surface area (Å²) in [7, 11) is 0. The number of allylic oxidation sites excluding steroid dienone is 1. The third kappa shape index (κ3) is 16.3. The average Bonchev–Trinajstić information content (AvgIpc) is 2.33. The molecule has 0 unspecified atom stereocenters. The van der Waals surface area contributed by atoms with Gasteiger partial charge in [-0.15, -0.1) is 0 Å². The van der Waals surface area contributed by atoms with Crippen molar-refractivity contribution in [3.8, 4) is 0 Å². The van der Waals surface area contributed by atoms with Crippen molar-refractivity contribution in [2.45, 2.75) is 51.5 Å². The average molecular weight is 315 g/mol. The van der Waals surface area contributed by atoms with Gasteiger partial charge in [0, 0.05) is 5.97 Å². The Labute approximate surface area is 169 Å². The van der Waals surface area contributed by atoms with Crippen LogP contribution in [-0.4, -0.2) is 29.0 Å². The van der Waals surface area contributed by atoms with Crippen LogP contribution in [0.2, 0.25) is 0 Å². The van der Waals surface area contributed by atoms with E-state index in [0.717, 1.165) is 19.3 Å². The summed E-state index contributed by atoms with van der Waals surface area (Å²) in [6.45, 7) is 2.06. The summed E-state index contributed by atoms with van der Waals surface area (Å²) in [5, 5.41) is 30.4. The van der Waals surface area contributed by atoms with Gasteiger partial charge < -0.3 is 20.1 Å². The van der Waals surface area contributed by atoms with Crippen LogP contribution in [0.1, 0.15) is 45.4 Å². The summed E-state index contributed by atoms with van der Waals surface area (Å²) in [5.74, 6) is -3.21. The molecule has 0 saturated heterocycles. The Morgan fingerprint density at radius 3 is 2.33 bits per heavy atom. The van der Waals surface area contributed by atoms with Gasteiger partial charge in [-0.2, -0.15) is 0 Å². The number of aliphatic carboxylic acids is 2. The van der Waals surface area contributed by atoms with Gasteiger partial charge in [0.1, 0.15) is 6.04 Å². The van der Waals surface area contributed by atoms with Gasteiger partial charge >= 0.3 is 65.1 Å². The molecule has 6 nitrogen and oxygen atoms in total. The predicted octanol–water partition coefficient (Wildman–Crippen LogP) is -6.13. The Morgan fingerprint density at radius 1 is 1.24 bits per heavy atom. The second-order valence-electron chi connectivity index (χ2n) is 4.11. The zero-order valence-electron chi connectivity index (χ0n) is 13.0. The molecule has 0 amide bonds. The molecule has 0 rings (SSSR count). The SMILES string of the molecule is CCCC/C=C/CC([O-])=N[C@@H](CCC(=O)[O-])C(=O)O.[Na+].[Na+]. The summed E-state index contributed by atoms with van der Waals surface area (Å²) in [4.78, 5) is 24.5. The third-order valence-electron chi connectivity index (χ3n) is 2.39. The molecule has 0 aliphatic rings. The van der Waals surface area contributed by atoms with Gasteiger partial charge in [-0.25, -0.2) is 4.79 Å². The molecule has 0 aromatic carbocycles. The van der Waals surface area contributed by atoms with E-state index in [2.05, 4.69) is 11.9 Å². The van der Waals surface area contributed by atoms with Gasteiger partial charge in [-0.3, -0.25) is 4.99 Å². The molecule has 0 aromatic heterocycles. The van der Waals surface area contributed by atoms with E-state index in [4.69, 9.17) is 5.11 Å². The van der Waals surface area contributed by atoms with E-state index >= 15 is 0 Å². The standard InChI is InChI=1S/C13H21NO5.2Na/c1-2-3-4-5-6-7-11(15)14-10(13(18)19)8-9-12(16)17;;/h5-6,10H,2-4,7-9H2,1H3,(H,14,15)(H,16,17)(H,18,19);;/q;2*+1/p-2/b6-5+;;/t10-;;/m0../s1. The van der Waals surface area contributed by atoms with Crippen molar-refractivity contribution in [3.05, 3.63) is 12.2 Å². The van der Waals surface area contributed by atoms with Crippen molar-refractivity contribution in [1.82, 2.24) is 0 Å². The van der Waals surface area contributed by atoms with Crippen LogP contribution in [0.4, 0.5) is 0 Å². The summed E-state index contributed by atoms with van der Waals surface area (Å²) >= 11 is 0. The molecule has 21 heavy (non-hydrogen) atoms. The van der Waals surface area contributed by atoms with Crippen molar-refractivity contribution in [2.24, 2.45) is 4.99 Å². The summed E-state index contributed by atoms with van der Waals surface area (Å²) < 4.78 is 0. The summed E-state index contributed by atoms with van der Waals surface area (Å²) in [6, 6.07) is -1.31. The minimum absolute atomic E-state index is 0. The minimum atomic E-state index is -1.35. The summed E-state index contributed by atoms with van der Waals surface area (Å²) in [5.41, 5.74) is 0. The molecule has 0 aliphatic carbocycles. The second kappa shape index (κ2) is 16.5. The number of carbonyl (C=O) groups excluding carboxylic acids is 1. The minimum Gasteiger partial charge on any atom is -0.862 e. The molecule has 0 spiro atoms. The van der Waals surface area contributed by atoms with Crippen LogP contribution in [0, 0.1) is 0 Å². The molecule has 0 radical (unpaired) electrons. The maximum Gasteiger partial charge on any atom is 1.00 e. The van der Waals surface area contributed by atoms with Gasteiger partial charge in [-0.1, -0.05) is 31.9 Å². The zero-order valence-corrected chi connectivity index (χ0v) is 17.0. The first kappa shape index (κ1) is 26.1. The first-order chi connectivity index (χ1) is 8.97. The molecule has 0 heterocycles. The fourth-order valence-corrected chi connectivity index (χ4v) is 1.35. The first-order valence-electron chi connectivity index (χ1n) is 6.28. The number of hydrogen-bond acceptors (Lipinski definition) is 5. The van der Waals surface area contributed by atoms with Crippen LogP contribution < -0.4 is 69.3 Å². The summed E-state index contributed by atoms with van der Waals surface area (Å²) in [6.07, 6.45) is 5.85. The van der Waals surface area contributed by atoms with Crippen molar-refractivity contribution in [1.29, 1.82) is 0 Å². The Hall–Kier alpha value is 0.150. The fraction of sp³-hybridized carbons (Fsp3) is 0.615. The van der Waals surface area contributed by atoms with Crippen molar-refractivity contribution in [2.75, 3.05) is 0 Å². The number of carboxylic acid groups (broad SMARTS) is 2. The molecule has 0 fully saturated rings. The van der Waals surface area contributed by atoms with E-state index in [9.17, 15) is 19.8 Å². The number of unbranched alkanes of at least 4 members (excludes halogenated alkanes) is 2. The number of carboxylic acids is 2. The van der Waals surface area contributed by atoms with Crippen molar-refractivity contribution < 1.29 is 84.0 Å². The molecule has 8 heteroatoms. The molecular formula is C13H19NNa2O5. The van der Waals surface area contributed by atoms with E-state index in [1.807, 2.05) is 6.08 Å². The Kier molecular flexibility index (Phi) is 20.5. The van der Waals surface area contributed by atoms with Gasteiger partial charge in [0.25, 0.3) is 0 Å². The molecule has 0 bridgehead atoms. The predicted molar refractivity (Wildman–Crippen MR) is 66.4 cm³/mol. The van der Waals surface area contributed by atoms with Gasteiger partial charge in [-0.05, 0) is 31.6 Å². The molecule has 0 aliphatic heterocycles. The van der Waals surface area contributed by atoms with Gasteiger partial charge in [0.15, 0.2) is 0 Å². The van der Waals surface area contributed by atoms with Crippen LogP contribution in [0.25, 0.3) is 0 Å². The van der Waals surface area contributed by atoms with Gasteiger partial charge in [0.2, 0.25) is 0 Å². The number of aliphatic imine (C=N–C) groups is 1. The number of nitrogens with zero attached hydrogens (tertiary/aromatic N) is 1. The van der Waals surface area contributed by atoms with Crippen LogP contribution in [-0.2, 0) is 9.59 Å². The first-order valence-corrected chi connectivity index (χ1v) is 6.28. The molecule has 108 valence electrons. The maximum absolute atomic E-state index is 11.4. The van der Waals surface area contributed by atoms with E-state index in [1.165, 1.54) is 0 Å². The van der Waals surface area contributed by atoms with Crippen molar-refractivity contribution >= 4 is 17.8 Å². The molecule has 1 N–H and O–H groups in total. The third-order valence-corrected chi connectivity index (χ3v) is 2.39. The fourth-order valence-electron chi connectivity index (χ4n) is 1.35. The van der Waals surface area contributed by atoms with Crippen LogP contribution in [0.3, 0.4) is 0 Å². The normalized spacial score (nSPS) is 12.3. The van der Waals surface area contributed by atoms with Crippen LogP contribution in [0.15, 0.2) is 17.1 Å². The van der Waals surface area contributed by atoms with Crippen LogP contribution >= 0.6 is 0 Å². The van der Waals surface area contributed by atoms with Gasteiger partial charge in [0.05, 0.1) is 0 Å². The molecule has 1 atom stereocenters. The second-order valence-corrected chi connectivity index (χ2v) is 4.11. The van der Waals surface area contributed by atoms with E-state index < -0.39 is 30.3 Å². The van der Waals surface area contributed by atoms with Crippen LogP contribution in [0.5, 0.6) is 0 Å². The van der Waals surface area contributed by atoms with E-state index in [-0.39, 0.29) is 72.0 Å². The molecule has 0 aromatic rings. The number of carbonyl (C=O) groups is 2. The van der Waals surface area contributed by atoms with Crippen molar-refractivity contribution in [3.63, 3.8) is 0 Å².